The first-order valence-corrected chi connectivity index (χ1v) is 8.34. The molecule has 0 spiro atoms. The van der Waals surface area contributed by atoms with Gasteiger partial charge in [-0.3, -0.25) is 9.48 Å². The van der Waals surface area contributed by atoms with Crippen LogP contribution in [0.15, 0.2) is 30.3 Å². The average molecular weight is 336 g/mol. The number of ether oxygens (including phenoxy) is 1. The monoisotopic (exact) mass is 336 g/mol. The topological polar surface area (TPSA) is 60.3 Å². The number of para-hydroxylation sites is 2. The van der Waals surface area contributed by atoms with Crippen LogP contribution >= 0.6 is 0 Å². The van der Waals surface area contributed by atoms with E-state index in [1.807, 2.05) is 58.2 Å². The van der Waals surface area contributed by atoms with Crippen molar-refractivity contribution in [2.24, 2.45) is 7.05 Å². The number of aromatic nitrogens is 3. The number of aryl methyl sites for hydroxylation is 3. The Kier molecular flexibility index (Phi) is 3.49. The van der Waals surface area contributed by atoms with Crippen LogP contribution in [0, 0.1) is 13.8 Å². The molecule has 0 fully saturated rings. The molecule has 1 aliphatic rings. The van der Waals surface area contributed by atoms with Crippen molar-refractivity contribution >= 4 is 22.6 Å². The third-order valence-corrected chi connectivity index (χ3v) is 4.50. The molecule has 0 unspecified atom stereocenters. The first kappa shape index (κ1) is 15.6. The van der Waals surface area contributed by atoms with Crippen LogP contribution in [-0.2, 0) is 7.05 Å². The normalized spacial score (nSPS) is 16.6. The fourth-order valence-corrected chi connectivity index (χ4v) is 3.47. The molecule has 128 valence electrons. The smallest absolute Gasteiger partial charge is 0.259 e. The summed E-state index contributed by atoms with van der Waals surface area (Å²) in [6.07, 6.45) is -0.0627. The van der Waals surface area contributed by atoms with Crippen molar-refractivity contribution in [2.45, 2.75) is 26.9 Å². The molecule has 2 aromatic heterocycles. The van der Waals surface area contributed by atoms with Gasteiger partial charge in [-0.05, 0) is 39.0 Å². The molecule has 6 nitrogen and oxygen atoms in total. The van der Waals surface area contributed by atoms with Crippen LogP contribution in [0.2, 0.25) is 0 Å². The Bertz CT molecular complexity index is 992. The lowest BCUT2D eigenvalue weighted by molar-refractivity contribution is 0.0962. The maximum absolute atomic E-state index is 13.4. The van der Waals surface area contributed by atoms with Gasteiger partial charge in [0.25, 0.3) is 5.91 Å². The molecule has 0 aliphatic carbocycles. The number of nitrogens with zero attached hydrogens (tertiary/aromatic N) is 4. The molecule has 3 heterocycles. The minimum Gasteiger partial charge on any atom is -0.487 e. The van der Waals surface area contributed by atoms with Crippen molar-refractivity contribution in [3.63, 3.8) is 0 Å². The highest BCUT2D eigenvalue weighted by Gasteiger charge is 2.30. The Morgan fingerprint density at radius 3 is 2.84 bits per heavy atom. The second kappa shape index (κ2) is 5.58. The second-order valence-corrected chi connectivity index (χ2v) is 6.53. The van der Waals surface area contributed by atoms with E-state index in [9.17, 15) is 4.79 Å². The molecule has 0 radical (unpaired) electrons. The third-order valence-electron chi connectivity index (χ3n) is 4.50. The number of anilines is 1. The number of benzene rings is 1. The molecule has 4 rings (SSSR count). The van der Waals surface area contributed by atoms with Gasteiger partial charge >= 0.3 is 0 Å². The van der Waals surface area contributed by atoms with Crippen molar-refractivity contribution in [1.82, 2.24) is 14.8 Å². The molecule has 1 aliphatic heterocycles. The van der Waals surface area contributed by atoms with E-state index in [1.165, 1.54) is 0 Å². The summed E-state index contributed by atoms with van der Waals surface area (Å²) in [7, 11) is 1.85. The Hall–Kier alpha value is -2.89. The molecule has 0 saturated carbocycles. The van der Waals surface area contributed by atoms with Gasteiger partial charge in [-0.1, -0.05) is 12.1 Å². The number of carbonyl (C=O) groups excluding carboxylic acids is 1. The minimum absolute atomic E-state index is 0.0470. The van der Waals surface area contributed by atoms with Crippen LogP contribution in [0.3, 0.4) is 0 Å². The molecular weight excluding hydrogens is 316 g/mol. The summed E-state index contributed by atoms with van der Waals surface area (Å²) in [5, 5.41) is 5.25. The molecule has 3 aromatic rings. The van der Waals surface area contributed by atoms with Gasteiger partial charge in [0.1, 0.15) is 11.9 Å². The zero-order valence-corrected chi connectivity index (χ0v) is 14.8. The lowest BCUT2D eigenvalue weighted by Gasteiger charge is -2.33. The lowest BCUT2D eigenvalue weighted by atomic mass is 10.1. The van der Waals surface area contributed by atoms with E-state index in [-0.39, 0.29) is 12.0 Å². The maximum atomic E-state index is 13.4. The van der Waals surface area contributed by atoms with Crippen LogP contribution < -0.4 is 9.64 Å². The van der Waals surface area contributed by atoms with E-state index < -0.39 is 0 Å². The first-order chi connectivity index (χ1) is 12.0. The van der Waals surface area contributed by atoms with Crippen molar-refractivity contribution < 1.29 is 9.53 Å². The number of fused-ring (bicyclic) bond motifs is 2. The molecule has 0 saturated heterocycles. The highest BCUT2D eigenvalue weighted by molar-refractivity contribution is 6.14. The van der Waals surface area contributed by atoms with E-state index in [2.05, 4.69) is 10.1 Å². The Balaban J connectivity index is 1.89. The number of pyridine rings is 1. The summed E-state index contributed by atoms with van der Waals surface area (Å²) in [5.74, 6) is 0.689. The van der Waals surface area contributed by atoms with E-state index in [0.717, 1.165) is 33.9 Å². The summed E-state index contributed by atoms with van der Waals surface area (Å²) >= 11 is 0. The fourth-order valence-electron chi connectivity index (χ4n) is 3.47. The van der Waals surface area contributed by atoms with Crippen LogP contribution in [0.4, 0.5) is 5.69 Å². The predicted molar refractivity (Wildman–Crippen MR) is 96.2 cm³/mol. The van der Waals surface area contributed by atoms with Gasteiger partial charge in [-0.15, -0.1) is 0 Å². The minimum atomic E-state index is -0.0627. The van der Waals surface area contributed by atoms with Crippen molar-refractivity contribution in [1.29, 1.82) is 0 Å². The van der Waals surface area contributed by atoms with Gasteiger partial charge < -0.3 is 9.64 Å². The summed E-state index contributed by atoms with van der Waals surface area (Å²) < 4.78 is 7.59. The van der Waals surface area contributed by atoms with E-state index in [4.69, 9.17) is 4.74 Å². The lowest BCUT2D eigenvalue weighted by Crippen LogP contribution is -2.42. The molecule has 25 heavy (non-hydrogen) atoms. The summed E-state index contributed by atoms with van der Waals surface area (Å²) in [6.45, 7) is 6.29. The van der Waals surface area contributed by atoms with Crippen molar-refractivity contribution in [3.8, 4) is 5.75 Å². The Morgan fingerprint density at radius 2 is 2.04 bits per heavy atom. The summed E-state index contributed by atoms with van der Waals surface area (Å²) in [6, 6.07) is 9.50. The largest absolute Gasteiger partial charge is 0.487 e. The number of hydrogen-bond acceptors (Lipinski definition) is 4. The molecule has 1 amide bonds. The third kappa shape index (κ3) is 2.45. The van der Waals surface area contributed by atoms with Crippen molar-refractivity contribution in [2.75, 3.05) is 11.4 Å². The van der Waals surface area contributed by atoms with Crippen LogP contribution in [0.5, 0.6) is 5.75 Å². The van der Waals surface area contributed by atoms with Gasteiger partial charge in [0.05, 0.1) is 28.9 Å². The van der Waals surface area contributed by atoms with Crippen LogP contribution in [0.1, 0.15) is 28.7 Å². The predicted octanol–water partition coefficient (Wildman–Crippen LogP) is 3.01. The number of rotatable bonds is 1. The van der Waals surface area contributed by atoms with Gasteiger partial charge in [-0.2, -0.15) is 5.10 Å². The van der Waals surface area contributed by atoms with Gasteiger partial charge in [-0.25, -0.2) is 4.98 Å². The summed E-state index contributed by atoms with van der Waals surface area (Å²) in [4.78, 5) is 19.8. The van der Waals surface area contributed by atoms with Gasteiger partial charge in [0, 0.05) is 12.7 Å². The quantitative estimate of drug-likeness (QED) is 0.685. The fraction of sp³-hybridized carbons (Fsp3) is 0.316. The first-order valence-electron chi connectivity index (χ1n) is 8.34. The molecule has 1 atom stereocenters. The molecule has 0 N–H and O–H groups in total. The molecule has 1 aromatic carbocycles. The Labute approximate surface area is 146 Å². The van der Waals surface area contributed by atoms with E-state index >= 15 is 0 Å². The zero-order valence-electron chi connectivity index (χ0n) is 14.8. The van der Waals surface area contributed by atoms with E-state index in [1.54, 1.807) is 9.58 Å². The van der Waals surface area contributed by atoms with Crippen LogP contribution in [0.25, 0.3) is 11.0 Å². The highest BCUT2D eigenvalue weighted by Crippen LogP contribution is 2.35. The summed E-state index contributed by atoms with van der Waals surface area (Å²) in [5.41, 5.74) is 3.78. The average Bonchev–Trinajstić information content (AvgIpc) is 2.86. The highest BCUT2D eigenvalue weighted by atomic mass is 16.5. The van der Waals surface area contributed by atoms with Crippen molar-refractivity contribution in [3.05, 3.63) is 47.3 Å². The zero-order chi connectivity index (χ0) is 17.7. The standard InChI is InChI=1S/C19H20N4O2/c1-11-9-14(17-13(3)21-22(4)18(17)20-11)19(24)23-10-12(2)25-16-8-6-5-7-15(16)23/h5-9,12H,10H2,1-4H3/t12-/m1/s1. The van der Waals surface area contributed by atoms with Gasteiger partial charge in [0.15, 0.2) is 5.65 Å². The number of carbonyl (C=O) groups is 1. The van der Waals surface area contributed by atoms with E-state index in [0.29, 0.717) is 12.1 Å². The SMILES string of the molecule is Cc1cc(C(=O)N2C[C@@H](C)Oc3ccccc32)c2c(C)nn(C)c2n1. The molecule has 0 bridgehead atoms. The Morgan fingerprint density at radius 1 is 1.28 bits per heavy atom. The van der Waals surface area contributed by atoms with Gasteiger partial charge in [0.2, 0.25) is 0 Å². The molecule has 6 heteroatoms. The number of amides is 1. The molecular formula is C19H20N4O2. The van der Waals surface area contributed by atoms with Crippen LogP contribution in [-0.4, -0.2) is 33.3 Å². The maximum Gasteiger partial charge on any atom is 0.259 e. The number of hydrogen-bond donors (Lipinski definition) is 0. The second-order valence-electron chi connectivity index (χ2n) is 6.53.